The van der Waals surface area contributed by atoms with Gasteiger partial charge in [-0.25, -0.2) is 9.59 Å². The standard InChI is InChI=1S/C14H20N2O.C2H2O4/c1-15-7-11-9-16(10-12(11)8-15)13-4-3-5-14(6-13)17-2;3-1(4)2(5)6/h3-6,11-12H,7-10H2,1-2H3;(H,3,4)(H,5,6). The SMILES string of the molecule is COc1cccc(N2CC3CN(C)CC3C2)c1.O=C(O)C(=O)O. The maximum Gasteiger partial charge on any atom is 0.414 e. The summed E-state index contributed by atoms with van der Waals surface area (Å²) in [5, 5.41) is 14.8. The van der Waals surface area contributed by atoms with Gasteiger partial charge in [-0.1, -0.05) is 6.07 Å². The molecule has 2 N–H and O–H groups in total. The Morgan fingerprint density at radius 3 is 2.13 bits per heavy atom. The lowest BCUT2D eigenvalue weighted by Gasteiger charge is -2.21. The number of methoxy groups -OCH3 is 1. The molecule has 7 heteroatoms. The van der Waals surface area contributed by atoms with E-state index >= 15 is 0 Å². The molecule has 126 valence electrons. The van der Waals surface area contributed by atoms with Crippen molar-refractivity contribution >= 4 is 17.6 Å². The summed E-state index contributed by atoms with van der Waals surface area (Å²) in [6.07, 6.45) is 0. The first-order chi connectivity index (χ1) is 10.9. The first-order valence-corrected chi connectivity index (χ1v) is 7.44. The molecular weight excluding hydrogens is 300 g/mol. The summed E-state index contributed by atoms with van der Waals surface area (Å²) in [6.45, 7) is 4.90. The van der Waals surface area contributed by atoms with Crippen molar-refractivity contribution in [2.45, 2.75) is 0 Å². The molecule has 0 bridgehead atoms. The number of hydrogen-bond acceptors (Lipinski definition) is 5. The van der Waals surface area contributed by atoms with Crippen LogP contribution in [0.1, 0.15) is 0 Å². The molecule has 0 saturated carbocycles. The second-order valence-electron chi connectivity index (χ2n) is 5.96. The Morgan fingerprint density at radius 1 is 1.09 bits per heavy atom. The molecule has 2 fully saturated rings. The third kappa shape index (κ3) is 4.35. The highest BCUT2D eigenvalue weighted by molar-refractivity contribution is 6.27. The summed E-state index contributed by atoms with van der Waals surface area (Å²) in [4.78, 5) is 23.2. The Kier molecular flexibility index (Phi) is 5.44. The summed E-state index contributed by atoms with van der Waals surface area (Å²) in [6, 6.07) is 8.42. The number of carboxylic acids is 2. The number of likely N-dealkylation sites (tertiary alicyclic amines) is 1. The lowest BCUT2D eigenvalue weighted by molar-refractivity contribution is -0.159. The average Bonchev–Trinajstić information content (AvgIpc) is 3.05. The van der Waals surface area contributed by atoms with Crippen LogP contribution in [0.3, 0.4) is 0 Å². The van der Waals surface area contributed by atoms with Gasteiger partial charge >= 0.3 is 11.9 Å². The maximum atomic E-state index is 9.10. The Hall–Kier alpha value is -2.28. The van der Waals surface area contributed by atoms with Crippen LogP contribution in [0.2, 0.25) is 0 Å². The molecule has 2 atom stereocenters. The Labute approximate surface area is 135 Å². The lowest BCUT2D eigenvalue weighted by atomic mass is 10.0. The van der Waals surface area contributed by atoms with E-state index in [1.165, 1.54) is 31.9 Å². The molecule has 2 aliphatic rings. The van der Waals surface area contributed by atoms with Crippen LogP contribution in [0, 0.1) is 11.8 Å². The van der Waals surface area contributed by atoms with Crippen molar-refractivity contribution in [3.63, 3.8) is 0 Å². The van der Waals surface area contributed by atoms with Crippen molar-refractivity contribution in [3.05, 3.63) is 24.3 Å². The molecule has 1 aromatic rings. The number of anilines is 1. The van der Waals surface area contributed by atoms with E-state index in [1.807, 2.05) is 6.07 Å². The lowest BCUT2D eigenvalue weighted by Crippen LogP contribution is -2.26. The van der Waals surface area contributed by atoms with Crippen LogP contribution < -0.4 is 9.64 Å². The van der Waals surface area contributed by atoms with E-state index in [0.717, 1.165) is 17.6 Å². The number of ether oxygens (including phenoxy) is 1. The van der Waals surface area contributed by atoms with Gasteiger partial charge in [-0.05, 0) is 31.0 Å². The van der Waals surface area contributed by atoms with E-state index in [-0.39, 0.29) is 0 Å². The smallest absolute Gasteiger partial charge is 0.414 e. The Morgan fingerprint density at radius 2 is 1.65 bits per heavy atom. The molecule has 2 heterocycles. The van der Waals surface area contributed by atoms with Crippen molar-refractivity contribution < 1.29 is 24.5 Å². The molecule has 0 amide bonds. The monoisotopic (exact) mass is 322 g/mol. The number of benzene rings is 1. The molecule has 2 aliphatic heterocycles. The van der Waals surface area contributed by atoms with Crippen LogP contribution in [0.5, 0.6) is 5.75 Å². The third-order valence-electron chi connectivity index (χ3n) is 4.27. The topological polar surface area (TPSA) is 90.3 Å². The average molecular weight is 322 g/mol. The minimum Gasteiger partial charge on any atom is -0.497 e. The van der Waals surface area contributed by atoms with Crippen LogP contribution in [0.15, 0.2) is 24.3 Å². The zero-order valence-corrected chi connectivity index (χ0v) is 13.3. The van der Waals surface area contributed by atoms with Gasteiger partial charge in [-0.2, -0.15) is 0 Å². The van der Waals surface area contributed by atoms with Crippen molar-refractivity contribution in [1.82, 2.24) is 4.90 Å². The number of hydrogen-bond donors (Lipinski definition) is 2. The Bertz CT molecular complexity index is 551. The number of carboxylic acid groups (broad SMARTS) is 2. The number of carbonyl (C=O) groups is 2. The van der Waals surface area contributed by atoms with Crippen molar-refractivity contribution in [2.24, 2.45) is 11.8 Å². The van der Waals surface area contributed by atoms with E-state index in [0.29, 0.717) is 0 Å². The zero-order chi connectivity index (χ0) is 17.0. The molecule has 7 nitrogen and oxygen atoms in total. The van der Waals surface area contributed by atoms with Gasteiger partial charge in [0.2, 0.25) is 0 Å². The molecule has 0 aliphatic carbocycles. The summed E-state index contributed by atoms with van der Waals surface area (Å²) in [5.41, 5.74) is 1.31. The van der Waals surface area contributed by atoms with Crippen LogP contribution in [-0.4, -0.2) is 67.4 Å². The predicted octanol–water partition coefficient (Wildman–Crippen LogP) is 0.849. The molecule has 2 unspecified atom stereocenters. The van der Waals surface area contributed by atoms with Crippen LogP contribution in [-0.2, 0) is 9.59 Å². The molecule has 23 heavy (non-hydrogen) atoms. The van der Waals surface area contributed by atoms with Crippen LogP contribution >= 0.6 is 0 Å². The predicted molar refractivity (Wildman–Crippen MR) is 85.0 cm³/mol. The largest absolute Gasteiger partial charge is 0.497 e. The van der Waals surface area contributed by atoms with Crippen LogP contribution in [0.4, 0.5) is 5.69 Å². The van der Waals surface area contributed by atoms with Gasteiger partial charge in [0.15, 0.2) is 0 Å². The summed E-state index contributed by atoms with van der Waals surface area (Å²) < 4.78 is 5.29. The number of rotatable bonds is 2. The van der Waals surface area contributed by atoms with Gasteiger partial charge < -0.3 is 24.7 Å². The van der Waals surface area contributed by atoms with Crippen LogP contribution in [0.25, 0.3) is 0 Å². The van der Waals surface area contributed by atoms with E-state index in [2.05, 4.69) is 35.0 Å². The fourth-order valence-electron chi connectivity index (χ4n) is 3.25. The minimum absolute atomic E-state index is 0.853. The first-order valence-electron chi connectivity index (χ1n) is 7.44. The van der Waals surface area contributed by atoms with Crippen molar-refractivity contribution in [1.29, 1.82) is 0 Å². The second-order valence-corrected chi connectivity index (χ2v) is 5.96. The zero-order valence-electron chi connectivity index (χ0n) is 13.3. The van der Waals surface area contributed by atoms with Crippen molar-refractivity contribution in [3.8, 4) is 5.75 Å². The number of nitrogens with zero attached hydrogens (tertiary/aromatic N) is 2. The van der Waals surface area contributed by atoms with Gasteiger partial charge in [-0.15, -0.1) is 0 Å². The molecule has 2 saturated heterocycles. The molecule has 1 aromatic carbocycles. The molecular formula is C16H22N2O5. The van der Waals surface area contributed by atoms with Gasteiger partial charge in [0.05, 0.1) is 7.11 Å². The third-order valence-corrected chi connectivity index (χ3v) is 4.27. The molecule has 0 radical (unpaired) electrons. The maximum absolute atomic E-state index is 9.10. The highest BCUT2D eigenvalue weighted by Gasteiger charge is 2.38. The van der Waals surface area contributed by atoms with E-state index < -0.39 is 11.9 Å². The van der Waals surface area contributed by atoms with E-state index in [9.17, 15) is 0 Å². The normalized spacial score (nSPS) is 23.0. The fourth-order valence-corrected chi connectivity index (χ4v) is 3.25. The molecule has 3 rings (SSSR count). The van der Waals surface area contributed by atoms with Crippen molar-refractivity contribution in [2.75, 3.05) is 45.2 Å². The van der Waals surface area contributed by atoms with Gasteiger partial charge in [0.25, 0.3) is 0 Å². The number of fused-ring (bicyclic) bond motifs is 1. The molecule has 0 spiro atoms. The minimum atomic E-state index is -1.82. The summed E-state index contributed by atoms with van der Waals surface area (Å²) in [5.74, 6) is -0.987. The first kappa shape index (κ1) is 17.1. The summed E-state index contributed by atoms with van der Waals surface area (Å²) >= 11 is 0. The van der Waals surface area contributed by atoms with E-state index in [4.69, 9.17) is 24.5 Å². The summed E-state index contributed by atoms with van der Waals surface area (Å²) in [7, 11) is 3.96. The fraction of sp³-hybridized carbons (Fsp3) is 0.500. The quantitative estimate of drug-likeness (QED) is 0.780. The van der Waals surface area contributed by atoms with Gasteiger partial charge in [0, 0.05) is 37.9 Å². The Balaban J connectivity index is 0.000000277. The molecule has 0 aromatic heterocycles. The van der Waals surface area contributed by atoms with E-state index in [1.54, 1.807) is 7.11 Å². The number of aliphatic carboxylic acids is 2. The second kappa shape index (κ2) is 7.32. The highest BCUT2D eigenvalue weighted by Crippen LogP contribution is 2.34. The van der Waals surface area contributed by atoms with Gasteiger partial charge in [-0.3, -0.25) is 0 Å². The highest BCUT2D eigenvalue weighted by atomic mass is 16.5. The van der Waals surface area contributed by atoms with Gasteiger partial charge in [0.1, 0.15) is 5.75 Å².